The second kappa shape index (κ2) is 5.68. The molecule has 0 radical (unpaired) electrons. The Morgan fingerprint density at radius 1 is 1.14 bits per heavy atom. The number of aldehydes is 1. The second-order valence-corrected chi connectivity index (χ2v) is 5.15. The van der Waals surface area contributed by atoms with Gasteiger partial charge in [0.2, 0.25) is 0 Å². The summed E-state index contributed by atoms with van der Waals surface area (Å²) >= 11 is 12.0. The Balaban J connectivity index is 2.14. The van der Waals surface area contributed by atoms with Crippen LogP contribution in [0.1, 0.15) is 10.4 Å². The van der Waals surface area contributed by atoms with Crippen molar-refractivity contribution in [3.05, 3.63) is 64.4 Å². The summed E-state index contributed by atoms with van der Waals surface area (Å²) in [5, 5.41) is 5.40. The van der Waals surface area contributed by atoms with Crippen LogP contribution in [-0.4, -0.2) is 21.1 Å². The molecule has 0 saturated heterocycles. The molecule has 1 aromatic carbocycles. The highest BCUT2D eigenvalue weighted by Gasteiger charge is 2.14. The first kappa shape index (κ1) is 13.8. The van der Waals surface area contributed by atoms with Gasteiger partial charge in [-0.05, 0) is 30.3 Å². The van der Waals surface area contributed by atoms with Gasteiger partial charge in [0.25, 0.3) is 0 Å². The molecule has 2 heterocycles. The SMILES string of the molecule is O=Cc1cn(-c2ccc(Cl)cc2Cl)nc1-c1ccccn1. The van der Waals surface area contributed by atoms with Crippen LogP contribution >= 0.6 is 23.2 Å². The molecule has 0 unspecified atom stereocenters. The molecule has 0 fully saturated rings. The number of carbonyl (C=O) groups excluding carboxylic acids is 1. The third-order valence-electron chi connectivity index (χ3n) is 2.93. The van der Waals surface area contributed by atoms with Gasteiger partial charge in [0.15, 0.2) is 6.29 Å². The molecule has 0 N–H and O–H groups in total. The Hall–Kier alpha value is -2.17. The smallest absolute Gasteiger partial charge is 0.153 e. The van der Waals surface area contributed by atoms with Gasteiger partial charge in [-0.15, -0.1) is 0 Å². The van der Waals surface area contributed by atoms with E-state index in [0.717, 1.165) is 6.29 Å². The van der Waals surface area contributed by atoms with Crippen LogP contribution in [0.3, 0.4) is 0 Å². The number of rotatable bonds is 3. The Kier molecular flexibility index (Phi) is 3.73. The first-order valence-electron chi connectivity index (χ1n) is 6.10. The monoisotopic (exact) mass is 317 g/mol. The van der Waals surface area contributed by atoms with Crippen molar-refractivity contribution in [2.75, 3.05) is 0 Å². The minimum Gasteiger partial charge on any atom is -0.298 e. The predicted octanol–water partition coefficient (Wildman–Crippen LogP) is 4.05. The molecule has 0 bridgehead atoms. The third-order valence-corrected chi connectivity index (χ3v) is 3.47. The number of hydrogen-bond acceptors (Lipinski definition) is 3. The Labute approximate surface area is 131 Å². The quantitative estimate of drug-likeness (QED) is 0.684. The normalized spacial score (nSPS) is 10.6. The van der Waals surface area contributed by atoms with Gasteiger partial charge in [0.05, 0.1) is 22.0 Å². The number of halogens is 2. The summed E-state index contributed by atoms with van der Waals surface area (Å²) in [7, 11) is 0. The molecular weight excluding hydrogens is 309 g/mol. The van der Waals surface area contributed by atoms with Crippen molar-refractivity contribution in [3.63, 3.8) is 0 Å². The van der Waals surface area contributed by atoms with E-state index >= 15 is 0 Å². The Morgan fingerprint density at radius 2 is 2.00 bits per heavy atom. The predicted molar refractivity (Wildman–Crippen MR) is 82.2 cm³/mol. The standard InChI is InChI=1S/C15H9Cl2N3O/c16-11-4-5-14(12(17)7-11)20-8-10(9-21)15(19-20)13-3-1-2-6-18-13/h1-9H. The molecular formula is C15H9Cl2N3O. The summed E-state index contributed by atoms with van der Waals surface area (Å²) in [5.41, 5.74) is 2.23. The molecule has 4 nitrogen and oxygen atoms in total. The van der Waals surface area contributed by atoms with Crippen LogP contribution in [0, 0.1) is 0 Å². The molecule has 2 aromatic heterocycles. The average Bonchev–Trinajstić information content (AvgIpc) is 2.92. The summed E-state index contributed by atoms with van der Waals surface area (Å²) in [6.45, 7) is 0. The fourth-order valence-electron chi connectivity index (χ4n) is 1.97. The topological polar surface area (TPSA) is 47.8 Å². The number of aromatic nitrogens is 3. The number of nitrogens with zero attached hydrogens (tertiary/aromatic N) is 3. The van der Waals surface area contributed by atoms with Crippen LogP contribution in [0.2, 0.25) is 10.0 Å². The van der Waals surface area contributed by atoms with E-state index in [1.54, 1.807) is 47.4 Å². The van der Waals surface area contributed by atoms with Crippen molar-refractivity contribution >= 4 is 29.5 Å². The van der Waals surface area contributed by atoms with Gasteiger partial charge >= 0.3 is 0 Å². The molecule has 0 aliphatic rings. The first-order valence-corrected chi connectivity index (χ1v) is 6.86. The number of carbonyl (C=O) groups is 1. The zero-order chi connectivity index (χ0) is 14.8. The molecule has 0 spiro atoms. The maximum Gasteiger partial charge on any atom is 0.153 e. The Bertz CT molecular complexity index is 800. The van der Waals surface area contributed by atoms with Gasteiger partial charge in [-0.2, -0.15) is 5.10 Å². The lowest BCUT2D eigenvalue weighted by Crippen LogP contribution is -1.96. The van der Waals surface area contributed by atoms with E-state index < -0.39 is 0 Å². The first-order chi connectivity index (χ1) is 10.2. The fraction of sp³-hybridized carbons (Fsp3) is 0. The van der Waals surface area contributed by atoms with Crippen molar-refractivity contribution in [2.24, 2.45) is 0 Å². The van der Waals surface area contributed by atoms with Crippen LogP contribution in [-0.2, 0) is 0 Å². The zero-order valence-corrected chi connectivity index (χ0v) is 12.2. The summed E-state index contributed by atoms with van der Waals surface area (Å²) in [6.07, 6.45) is 4.02. The van der Waals surface area contributed by atoms with E-state index in [2.05, 4.69) is 10.1 Å². The van der Waals surface area contributed by atoms with Crippen molar-refractivity contribution in [1.82, 2.24) is 14.8 Å². The summed E-state index contributed by atoms with van der Waals surface area (Å²) < 4.78 is 1.55. The molecule has 3 rings (SSSR count). The van der Waals surface area contributed by atoms with E-state index in [0.29, 0.717) is 32.7 Å². The lowest BCUT2D eigenvalue weighted by molar-refractivity contribution is 0.112. The minimum atomic E-state index is 0.444. The summed E-state index contributed by atoms with van der Waals surface area (Å²) in [4.78, 5) is 15.5. The largest absolute Gasteiger partial charge is 0.298 e. The van der Waals surface area contributed by atoms with Crippen LogP contribution in [0.4, 0.5) is 0 Å². The molecule has 0 aliphatic heterocycles. The third kappa shape index (κ3) is 2.68. The lowest BCUT2D eigenvalue weighted by atomic mass is 10.2. The molecule has 0 saturated carbocycles. The highest BCUT2D eigenvalue weighted by molar-refractivity contribution is 6.35. The maximum absolute atomic E-state index is 11.2. The Morgan fingerprint density at radius 3 is 2.67 bits per heavy atom. The van der Waals surface area contributed by atoms with Crippen LogP contribution in [0.15, 0.2) is 48.8 Å². The van der Waals surface area contributed by atoms with Crippen LogP contribution < -0.4 is 0 Å². The molecule has 104 valence electrons. The van der Waals surface area contributed by atoms with Gasteiger partial charge in [-0.3, -0.25) is 9.78 Å². The van der Waals surface area contributed by atoms with Crippen molar-refractivity contribution < 1.29 is 4.79 Å². The van der Waals surface area contributed by atoms with Crippen molar-refractivity contribution in [2.45, 2.75) is 0 Å². The molecule has 21 heavy (non-hydrogen) atoms. The molecule has 0 aliphatic carbocycles. The lowest BCUT2D eigenvalue weighted by Gasteiger charge is -2.04. The van der Waals surface area contributed by atoms with Gasteiger partial charge < -0.3 is 0 Å². The maximum atomic E-state index is 11.2. The second-order valence-electron chi connectivity index (χ2n) is 4.31. The number of pyridine rings is 1. The number of hydrogen-bond donors (Lipinski definition) is 0. The van der Waals surface area contributed by atoms with E-state index in [9.17, 15) is 4.79 Å². The van der Waals surface area contributed by atoms with E-state index in [1.165, 1.54) is 0 Å². The highest BCUT2D eigenvalue weighted by Crippen LogP contribution is 2.26. The number of benzene rings is 1. The highest BCUT2D eigenvalue weighted by atomic mass is 35.5. The average molecular weight is 318 g/mol. The van der Waals surface area contributed by atoms with Crippen molar-refractivity contribution in [3.8, 4) is 17.1 Å². The summed E-state index contributed by atoms with van der Waals surface area (Å²) in [6, 6.07) is 10.5. The molecule has 3 aromatic rings. The molecule has 6 heteroatoms. The molecule has 0 amide bonds. The van der Waals surface area contributed by atoms with Gasteiger partial charge in [0, 0.05) is 17.4 Å². The van der Waals surface area contributed by atoms with Crippen LogP contribution in [0.25, 0.3) is 17.1 Å². The van der Waals surface area contributed by atoms with Gasteiger partial charge in [0.1, 0.15) is 5.69 Å². The van der Waals surface area contributed by atoms with Crippen LogP contribution in [0.5, 0.6) is 0 Å². The van der Waals surface area contributed by atoms with Gasteiger partial charge in [-0.25, -0.2) is 4.68 Å². The van der Waals surface area contributed by atoms with E-state index in [1.807, 2.05) is 6.07 Å². The summed E-state index contributed by atoms with van der Waals surface area (Å²) in [5.74, 6) is 0. The fourth-order valence-corrected chi connectivity index (χ4v) is 2.46. The van der Waals surface area contributed by atoms with E-state index in [-0.39, 0.29) is 0 Å². The van der Waals surface area contributed by atoms with E-state index in [4.69, 9.17) is 23.2 Å². The minimum absolute atomic E-state index is 0.444. The van der Waals surface area contributed by atoms with Gasteiger partial charge in [-0.1, -0.05) is 29.3 Å². The zero-order valence-electron chi connectivity index (χ0n) is 10.7. The molecule has 0 atom stereocenters. The van der Waals surface area contributed by atoms with Crippen molar-refractivity contribution in [1.29, 1.82) is 0 Å².